The minimum Gasteiger partial charge on any atom is -0.379 e. The highest BCUT2D eigenvalue weighted by molar-refractivity contribution is 14.0. The number of guanidine groups is 1. The molecular weight excluding hydrogens is 413 g/mol. The van der Waals surface area contributed by atoms with Crippen LogP contribution in [0.3, 0.4) is 0 Å². The van der Waals surface area contributed by atoms with Gasteiger partial charge in [-0.05, 0) is 19.8 Å². The van der Waals surface area contributed by atoms with Crippen molar-refractivity contribution in [3.05, 3.63) is 11.7 Å². The smallest absolute Gasteiger partial charge is 0.223 e. The van der Waals surface area contributed by atoms with Crippen LogP contribution in [0.2, 0.25) is 0 Å². The van der Waals surface area contributed by atoms with Crippen molar-refractivity contribution < 1.29 is 14.0 Å². The molecule has 0 amide bonds. The van der Waals surface area contributed by atoms with E-state index in [4.69, 9.17) is 14.0 Å². The van der Waals surface area contributed by atoms with Gasteiger partial charge in [0.25, 0.3) is 0 Å². The second-order valence-electron chi connectivity index (χ2n) is 5.06. The average molecular weight is 439 g/mol. The van der Waals surface area contributed by atoms with E-state index in [0.717, 1.165) is 51.7 Å². The quantitative estimate of drug-likeness (QED) is 0.273. The van der Waals surface area contributed by atoms with Crippen LogP contribution in [-0.2, 0) is 16.0 Å². The summed E-state index contributed by atoms with van der Waals surface area (Å²) in [4.78, 5) is 8.55. The molecule has 0 bridgehead atoms. The summed E-state index contributed by atoms with van der Waals surface area (Å²) in [7, 11) is 0. The molecule has 1 unspecified atom stereocenters. The van der Waals surface area contributed by atoms with Gasteiger partial charge in [-0.25, -0.2) is 4.99 Å². The number of nitrogens with one attached hydrogen (secondary N) is 2. The number of hydrogen-bond acceptors (Lipinski definition) is 6. The van der Waals surface area contributed by atoms with Crippen molar-refractivity contribution >= 4 is 29.9 Å². The van der Waals surface area contributed by atoms with Crippen LogP contribution in [0.5, 0.6) is 0 Å². The monoisotopic (exact) mass is 439 g/mol. The van der Waals surface area contributed by atoms with Crippen molar-refractivity contribution in [2.45, 2.75) is 39.3 Å². The van der Waals surface area contributed by atoms with Crippen LogP contribution >= 0.6 is 24.0 Å². The van der Waals surface area contributed by atoms with Gasteiger partial charge in [0.05, 0.1) is 12.7 Å². The second kappa shape index (κ2) is 11.6. The van der Waals surface area contributed by atoms with Gasteiger partial charge in [-0.15, -0.1) is 24.0 Å². The number of halogens is 1. The maximum atomic E-state index is 5.72. The lowest BCUT2D eigenvalue weighted by Gasteiger charge is -2.12. The zero-order valence-corrected chi connectivity index (χ0v) is 16.0. The Morgan fingerprint density at radius 3 is 2.96 bits per heavy atom. The summed E-state index contributed by atoms with van der Waals surface area (Å²) in [6, 6.07) is 0. The van der Waals surface area contributed by atoms with Crippen molar-refractivity contribution in [3.63, 3.8) is 0 Å². The van der Waals surface area contributed by atoms with E-state index in [1.807, 2.05) is 6.92 Å². The van der Waals surface area contributed by atoms with Gasteiger partial charge in [-0.3, -0.25) is 0 Å². The molecule has 0 aliphatic carbocycles. The van der Waals surface area contributed by atoms with Crippen LogP contribution in [0.25, 0.3) is 0 Å². The molecule has 0 spiro atoms. The highest BCUT2D eigenvalue weighted by Crippen LogP contribution is 2.07. The molecule has 2 N–H and O–H groups in total. The Morgan fingerprint density at radius 2 is 2.30 bits per heavy atom. The number of rotatable bonds is 8. The minimum absolute atomic E-state index is 0. The first-order chi connectivity index (χ1) is 10.8. The van der Waals surface area contributed by atoms with Crippen molar-refractivity contribution in [2.24, 2.45) is 4.99 Å². The van der Waals surface area contributed by atoms with Crippen molar-refractivity contribution in [1.29, 1.82) is 0 Å². The van der Waals surface area contributed by atoms with E-state index >= 15 is 0 Å². The van der Waals surface area contributed by atoms with E-state index < -0.39 is 0 Å². The molecule has 2 heterocycles. The lowest BCUT2D eigenvalue weighted by Crippen LogP contribution is -2.38. The summed E-state index contributed by atoms with van der Waals surface area (Å²) in [5, 5.41) is 10.3. The van der Waals surface area contributed by atoms with E-state index in [1.54, 1.807) is 6.92 Å². The first-order valence-electron chi connectivity index (χ1n) is 7.78. The topological polar surface area (TPSA) is 93.8 Å². The number of aryl methyl sites for hydroxylation is 1. The van der Waals surface area contributed by atoms with Crippen LogP contribution in [-0.4, -0.2) is 55.1 Å². The molecule has 0 radical (unpaired) electrons. The highest BCUT2D eigenvalue weighted by Gasteiger charge is 2.15. The van der Waals surface area contributed by atoms with E-state index in [1.165, 1.54) is 0 Å². The third-order valence-electron chi connectivity index (χ3n) is 3.15. The highest BCUT2D eigenvalue weighted by atomic mass is 127. The van der Waals surface area contributed by atoms with Gasteiger partial charge < -0.3 is 24.6 Å². The summed E-state index contributed by atoms with van der Waals surface area (Å²) in [5.74, 6) is 1.88. The predicted molar refractivity (Wildman–Crippen MR) is 97.1 cm³/mol. The third kappa shape index (κ3) is 7.93. The number of ether oxygens (including phenoxy) is 2. The predicted octanol–water partition coefficient (Wildman–Crippen LogP) is 1.25. The number of hydrogen-bond donors (Lipinski definition) is 2. The summed E-state index contributed by atoms with van der Waals surface area (Å²) >= 11 is 0. The molecule has 0 saturated carbocycles. The largest absolute Gasteiger partial charge is 0.379 e. The SMILES string of the molecule is CCNC(=NCc1noc(C)n1)NCCCOC1CCOC1.I. The van der Waals surface area contributed by atoms with Gasteiger partial charge in [0.1, 0.15) is 6.54 Å². The van der Waals surface area contributed by atoms with Crippen LogP contribution < -0.4 is 10.6 Å². The molecule has 132 valence electrons. The van der Waals surface area contributed by atoms with Gasteiger partial charge >= 0.3 is 0 Å². The Labute approximate surface area is 153 Å². The van der Waals surface area contributed by atoms with E-state index in [-0.39, 0.29) is 30.1 Å². The number of aromatic nitrogens is 2. The molecule has 1 aliphatic heterocycles. The maximum absolute atomic E-state index is 5.72. The fourth-order valence-corrected chi connectivity index (χ4v) is 2.07. The first-order valence-corrected chi connectivity index (χ1v) is 7.78. The molecule has 8 nitrogen and oxygen atoms in total. The van der Waals surface area contributed by atoms with Crippen LogP contribution in [0.4, 0.5) is 0 Å². The van der Waals surface area contributed by atoms with Gasteiger partial charge in [0, 0.05) is 33.2 Å². The zero-order valence-electron chi connectivity index (χ0n) is 13.7. The van der Waals surface area contributed by atoms with Gasteiger partial charge in [0.2, 0.25) is 5.89 Å². The van der Waals surface area contributed by atoms with E-state index in [9.17, 15) is 0 Å². The fraction of sp³-hybridized carbons (Fsp3) is 0.786. The molecule has 2 rings (SSSR count). The number of nitrogens with zero attached hydrogens (tertiary/aromatic N) is 3. The van der Waals surface area contributed by atoms with Gasteiger partial charge in [-0.2, -0.15) is 4.98 Å². The molecule has 1 atom stereocenters. The van der Waals surface area contributed by atoms with Gasteiger partial charge in [-0.1, -0.05) is 5.16 Å². The second-order valence-corrected chi connectivity index (χ2v) is 5.06. The Bertz CT molecular complexity index is 463. The summed E-state index contributed by atoms with van der Waals surface area (Å²) in [5.41, 5.74) is 0. The van der Waals surface area contributed by atoms with Crippen LogP contribution in [0, 0.1) is 6.92 Å². The molecule has 23 heavy (non-hydrogen) atoms. The van der Waals surface area contributed by atoms with E-state index in [2.05, 4.69) is 25.8 Å². The van der Waals surface area contributed by atoms with Crippen LogP contribution in [0.15, 0.2) is 9.52 Å². The summed E-state index contributed by atoms with van der Waals surface area (Å²) in [6.07, 6.45) is 2.19. The average Bonchev–Trinajstić information content (AvgIpc) is 3.16. The van der Waals surface area contributed by atoms with Crippen molar-refractivity contribution in [2.75, 3.05) is 32.9 Å². The normalized spacial score (nSPS) is 17.8. The Kier molecular flexibility index (Phi) is 10.1. The van der Waals surface area contributed by atoms with Gasteiger partial charge in [0.15, 0.2) is 11.8 Å². The van der Waals surface area contributed by atoms with E-state index in [0.29, 0.717) is 18.3 Å². The third-order valence-corrected chi connectivity index (χ3v) is 3.15. The lowest BCUT2D eigenvalue weighted by atomic mass is 10.3. The maximum Gasteiger partial charge on any atom is 0.223 e. The first kappa shape index (κ1) is 20.1. The molecule has 1 aliphatic rings. The molecule has 1 saturated heterocycles. The Hall–Kier alpha value is -0.940. The van der Waals surface area contributed by atoms with Crippen molar-refractivity contribution in [1.82, 2.24) is 20.8 Å². The Morgan fingerprint density at radius 1 is 1.43 bits per heavy atom. The van der Waals surface area contributed by atoms with Crippen LogP contribution in [0.1, 0.15) is 31.5 Å². The number of aliphatic imine (C=N–C) groups is 1. The summed E-state index contributed by atoms with van der Waals surface area (Å²) in [6.45, 7) is 8.04. The standard InChI is InChI=1S/C14H25N5O3.HI/c1-3-15-14(17-9-13-18-11(2)22-19-13)16-6-4-7-21-12-5-8-20-10-12;/h12H,3-10H2,1-2H3,(H2,15,16,17);1H. The molecule has 1 aromatic rings. The fourth-order valence-electron chi connectivity index (χ4n) is 2.07. The molecule has 9 heteroatoms. The molecular formula is C14H26IN5O3. The minimum atomic E-state index is 0. The zero-order chi connectivity index (χ0) is 15.6. The molecule has 0 aromatic carbocycles. The molecule has 1 fully saturated rings. The molecule has 1 aromatic heterocycles. The Balaban J connectivity index is 0.00000264. The van der Waals surface area contributed by atoms with Crippen molar-refractivity contribution in [3.8, 4) is 0 Å². The lowest BCUT2D eigenvalue weighted by molar-refractivity contribution is 0.0420. The summed E-state index contributed by atoms with van der Waals surface area (Å²) < 4.78 is 15.9.